The van der Waals surface area contributed by atoms with Gasteiger partial charge in [0, 0.05) is 18.6 Å². The second-order valence-corrected chi connectivity index (χ2v) is 6.11. The molecule has 0 bridgehead atoms. The van der Waals surface area contributed by atoms with E-state index in [0.29, 0.717) is 18.0 Å². The first-order chi connectivity index (χ1) is 10.1. The number of hydrogen-bond donors (Lipinski definition) is 2. The summed E-state index contributed by atoms with van der Waals surface area (Å²) in [7, 11) is 4.33. The van der Waals surface area contributed by atoms with Crippen LogP contribution in [0.3, 0.4) is 0 Å². The molecular formula is C17H35IN4. The lowest BCUT2D eigenvalue weighted by atomic mass is 9.93. The third-order valence-electron chi connectivity index (χ3n) is 4.39. The van der Waals surface area contributed by atoms with E-state index >= 15 is 0 Å². The van der Waals surface area contributed by atoms with E-state index in [9.17, 15) is 0 Å². The lowest BCUT2D eigenvalue weighted by Crippen LogP contribution is -2.44. The molecular weight excluding hydrogens is 387 g/mol. The molecule has 0 aromatic rings. The second-order valence-electron chi connectivity index (χ2n) is 6.11. The van der Waals surface area contributed by atoms with Crippen molar-refractivity contribution >= 4 is 29.9 Å². The molecule has 2 N–H and O–H groups in total. The quantitative estimate of drug-likeness (QED) is 0.273. The van der Waals surface area contributed by atoms with Crippen molar-refractivity contribution in [3.63, 3.8) is 0 Å². The summed E-state index contributed by atoms with van der Waals surface area (Å²) in [5.74, 6) is 1.67. The molecule has 0 aromatic heterocycles. The normalized spacial score (nSPS) is 17.0. The molecule has 0 radical (unpaired) electrons. The van der Waals surface area contributed by atoms with Crippen molar-refractivity contribution in [2.45, 2.75) is 58.5 Å². The first-order valence-electron chi connectivity index (χ1n) is 8.48. The maximum absolute atomic E-state index is 4.84. The SMILES string of the molecule is CCNC(=NCC(C(CC)CC)N(C)C)NC1CC=CC1.I. The number of hydrogen-bond acceptors (Lipinski definition) is 2. The average molecular weight is 422 g/mol. The third-order valence-corrected chi connectivity index (χ3v) is 4.39. The van der Waals surface area contributed by atoms with Crippen molar-refractivity contribution in [3.8, 4) is 0 Å². The molecule has 0 heterocycles. The summed E-state index contributed by atoms with van der Waals surface area (Å²) >= 11 is 0. The Labute approximate surface area is 154 Å². The Balaban J connectivity index is 0.00000441. The van der Waals surface area contributed by atoms with E-state index in [1.807, 2.05) is 0 Å². The first kappa shape index (κ1) is 21.7. The molecule has 4 nitrogen and oxygen atoms in total. The van der Waals surface area contributed by atoms with Gasteiger partial charge in [-0.25, -0.2) is 0 Å². The van der Waals surface area contributed by atoms with E-state index in [1.54, 1.807) is 0 Å². The molecule has 5 heteroatoms. The number of halogens is 1. The summed E-state index contributed by atoms with van der Waals surface area (Å²) in [5, 5.41) is 6.92. The molecule has 130 valence electrons. The van der Waals surface area contributed by atoms with Crippen molar-refractivity contribution in [3.05, 3.63) is 12.2 Å². The number of nitrogens with one attached hydrogen (secondary N) is 2. The van der Waals surface area contributed by atoms with Crippen molar-refractivity contribution in [2.24, 2.45) is 10.9 Å². The molecule has 0 aromatic carbocycles. The molecule has 0 fully saturated rings. The fraction of sp³-hybridized carbons (Fsp3) is 0.824. The Morgan fingerprint density at radius 2 is 1.77 bits per heavy atom. The number of nitrogens with zero attached hydrogens (tertiary/aromatic N) is 2. The predicted molar refractivity (Wildman–Crippen MR) is 108 cm³/mol. The second kappa shape index (κ2) is 12.2. The van der Waals surface area contributed by atoms with Gasteiger partial charge in [-0.3, -0.25) is 4.99 Å². The fourth-order valence-corrected chi connectivity index (χ4v) is 3.00. The average Bonchev–Trinajstić information content (AvgIpc) is 2.96. The number of likely N-dealkylation sites (N-methyl/N-ethyl adjacent to an activating group) is 1. The maximum atomic E-state index is 4.84. The summed E-state index contributed by atoms with van der Waals surface area (Å²) in [6, 6.07) is 1.02. The van der Waals surface area contributed by atoms with E-state index in [0.717, 1.165) is 31.9 Å². The van der Waals surface area contributed by atoms with Crippen LogP contribution in [0.5, 0.6) is 0 Å². The first-order valence-corrected chi connectivity index (χ1v) is 8.48. The molecule has 0 spiro atoms. The number of aliphatic imine (C=N–C) groups is 1. The summed E-state index contributed by atoms with van der Waals surface area (Å²) in [6.07, 6.45) is 9.13. The van der Waals surface area contributed by atoms with Crippen LogP contribution in [-0.4, -0.2) is 50.1 Å². The van der Waals surface area contributed by atoms with Crippen molar-refractivity contribution in [1.82, 2.24) is 15.5 Å². The Morgan fingerprint density at radius 1 is 1.18 bits per heavy atom. The molecule has 0 aliphatic heterocycles. The van der Waals surface area contributed by atoms with Gasteiger partial charge in [-0.2, -0.15) is 0 Å². The van der Waals surface area contributed by atoms with Crippen LogP contribution in [0.25, 0.3) is 0 Å². The van der Waals surface area contributed by atoms with Gasteiger partial charge in [0.1, 0.15) is 0 Å². The number of guanidine groups is 1. The van der Waals surface area contributed by atoms with Gasteiger partial charge in [0.25, 0.3) is 0 Å². The van der Waals surface area contributed by atoms with E-state index in [4.69, 9.17) is 4.99 Å². The van der Waals surface area contributed by atoms with Crippen LogP contribution < -0.4 is 10.6 Å². The topological polar surface area (TPSA) is 39.7 Å². The summed E-state index contributed by atoms with van der Waals surface area (Å²) in [6.45, 7) is 8.44. The van der Waals surface area contributed by atoms with Crippen molar-refractivity contribution < 1.29 is 0 Å². The van der Waals surface area contributed by atoms with Crippen LogP contribution in [0.2, 0.25) is 0 Å². The fourth-order valence-electron chi connectivity index (χ4n) is 3.00. The predicted octanol–water partition coefficient (Wildman–Crippen LogP) is 3.24. The van der Waals surface area contributed by atoms with Gasteiger partial charge < -0.3 is 15.5 Å². The lowest BCUT2D eigenvalue weighted by Gasteiger charge is -2.30. The summed E-state index contributed by atoms with van der Waals surface area (Å²) in [5.41, 5.74) is 0. The Kier molecular flexibility index (Phi) is 12.0. The highest BCUT2D eigenvalue weighted by Gasteiger charge is 2.20. The minimum atomic E-state index is 0. The third kappa shape index (κ3) is 7.31. The number of rotatable bonds is 8. The highest BCUT2D eigenvalue weighted by molar-refractivity contribution is 14.0. The zero-order chi connectivity index (χ0) is 15.7. The Bertz CT molecular complexity index is 330. The van der Waals surface area contributed by atoms with E-state index in [2.05, 4.69) is 62.6 Å². The van der Waals surface area contributed by atoms with Gasteiger partial charge >= 0.3 is 0 Å². The van der Waals surface area contributed by atoms with Crippen LogP contribution in [0.4, 0.5) is 0 Å². The van der Waals surface area contributed by atoms with Crippen LogP contribution in [-0.2, 0) is 0 Å². The van der Waals surface area contributed by atoms with E-state index in [-0.39, 0.29) is 24.0 Å². The largest absolute Gasteiger partial charge is 0.357 e. The monoisotopic (exact) mass is 422 g/mol. The van der Waals surface area contributed by atoms with Gasteiger partial charge in [-0.15, -0.1) is 24.0 Å². The highest BCUT2D eigenvalue weighted by Crippen LogP contribution is 2.17. The lowest BCUT2D eigenvalue weighted by molar-refractivity contribution is 0.206. The minimum Gasteiger partial charge on any atom is -0.357 e. The van der Waals surface area contributed by atoms with E-state index in [1.165, 1.54) is 12.8 Å². The van der Waals surface area contributed by atoms with Crippen LogP contribution in [0, 0.1) is 5.92 Å². The molecule has 0 amide bonds. The van der Waals surface area contributed by atoms with Gasteiger partial charge in [-0.1, -0.05) is 38.8 Å². The molecule has 22 heavy (non-hydrogen) atoms. The maximum Gasteiger partial charge on any atom is 0.191 e. The van der Waals surface area contributed by atoms with Crippen LogP contribution >= 0.6 is 24.0 Å². The molecule has 0 saturated heterocycles. The summed E-state index contributed by atoms with van der Waals surface area (Å²) in [4.78, 5) is 7.16. The van der Waals surface area contributed by atoms with Crippen LogP contribution in [0.15, 0.2) is 17.1 Å². The molecule has 1 atom stereocenters. The van der Waals surface area contributed by atoms with Gasteiger partial charge in [0.15, 0.2) is 5.96 Å². The molecule has 0 saturated carbocycles. The van der Waals surface area contributed by atoms with Crippen LogP contribution in [0.1, 0.15) is 46.5 Å². The van der Waals surface area contributed by atoms with E-state index < -0.39 is 0 Å². The molecule has 1 unspecified atom stereocenters. The minimum absolute atomic E-state index is 0. The van der Waals surface area contributed by atoms with Crippen molar-refractivity contribution in [2.75, 3.05) is 27.2 Å². The van der Waals surface area contributed by atoms with Gasteiger partial charge in [0.05, 0.1) is 6.54 Å². The Hall–Kier alpha value is -0.300. The van der Waals surface area contributed by atoms with Crippen molar-refractivity contribution in [1.29, 1.82) is 0 Å². The smallest absolute Gasteiger partial charge is 0.191 e. The molecule has 1 rings (SSSR count). The van der Waals surface area contributed by atoms with Gasteiger partial charge in [0.2, 0.25) is 0 Å². The highest BCUT2D eigenvalue weighted by atomic mass is 127. The summed E-state index contributed by atoms with van der Waals surface area (Å²) < 4.78 is 0. The standard InChI is InChI=1S/C17H34N4.HI/c1-6-14(7-2)16(21(4)5)13-19-17(18-8-3)20-15-11-9-10-12-15;/h9-10,14-16H,6-8,11-13H2,1-5H3,(H2,18,19,20);1H. The molecule has 1 aliphatic carbocycles. The zero-order valence-corrected chi connectivity index (χ0v) is 17.3. The molecule has 1 aliphatic rings. The zero-order valence-electron chi connectivity index (χ0n) is 14.9. The Morgan fingerprint density at radius 3 is 2.23 bits per heavy atom. The van der Waals surface area contributed by atoms with Gasteiger partial charge in [-0.05, 0) is 39.8 Å².